The summed E-state index contributed by atoms with van der Waals surface area (Å²) in [5.74, 6) is -3.62. The molecule has 7 nitrogen and oxygen atoms in total. The summed E-state index contributed by atoms with van der Waals surface area (Å²) in [6, 6.07) is -1.10. The van der Waals surface area contributed by atoms with Gasteiger partial charge in [0, 0.05) is 7.05 Å². The number of nitrogens with zero attached hydrogens (tertiary/aromatic N) is 2. The molecule has 19 heavy (non-hydrogen) atoms. The summed E-state index contributed by atoms with van der Waals surface area (Å²) >= 11 is 0. The SMILES string of the molecule is CN1CC(F)(F)C(OC(=O)OC(C)(C)C)N(O)C1=O. The van der Waals surface area contributed by atoms with Crippen molar-refractivity contribution in [2.45, 2.75) is 38.5 Å². The van der Waals surface area contributed by atoms with Gasteiger partial charge in [-0.2, -0.15) is 13.8 Å². The highest BCUT2D eigenvalue weighted by Gasteiger charge is 2.54. The Bertz CT molecular complexity index is 383. The van der Waals surface area contributed by atoms with Gasteiger partial charge in [-0.1, -0.05) is 0 Å². The van der Waals surface area contributed by atoms with E-state index in [2.05, 4.69) is 9.47 Å². The van der Waals surface area contributed by atoms with Gasteiger partial charge in [0.2, 0.25) is 0 Å². The number of carbonyl (C=O) groups excluding carboxylic acids is 2. The second-order valence-corrected chi connectivity index (χ2v) is 5.18. The minimum absolute atomic E-state index is 0.326. The Kier molecular flexibility index (Phi) is 3.89. The number of rotatable bonds is 1. The Morgan fingerprint density at radius 3 is 2.47 bits per heavy atom. The molecule has 2 amide bonds. The van der Waals surface area contributed by atoms with E-state index in [1.54, 1.807) is 0 Å². The molecule has 9 heteroatoms. The van der Waals surface area contributed by atoms with E-state index in [9.17, 15) is 23.6 Å². The summed E-state index contributed by atoms with van der Waals surface area (Å²) in [4.78, 5) is 23.2. The molecule has 0 aliphatic carbocycles. The van der Waals surface area contributed by atoms with Crippen LogP contribution in [0.5, 0.6) is 0 Å². The van der Waals surface area contributed by atoms with Gasteiger partial charge in [0.1, 0.15) is 5.60 Å². The number of ether oxygens (including phenoxy) is 2. The normalized spacial score (nSPS) is 23.3. The first-order chi connectivity index (χ1) is 8.44. The molecule has 1 fully saturated rings. The Morgan fingerprint density at radius 1 is 1.47 bits per heavy atom. The third kappa shape index (κ3) is 3.66. The van der Waals surface area contributed by atoms with Crippen LogP contribution >= 0.6 is 0 Å². The molecule has 1 atom stereocenters. The number of urea groups is 1. The number of amides is 2. The molecule has 1 heterocycles. The van der Waals surface area contributed by atoms with Gasteiger partial charge in [-0.05, 0) is 20.8 Å². The summed E-state index contributed by atoms with van der Waals surface area (Å²) in [5, 5.41) is 8.99. The predicted molar refractivity (Wildman–Crippen MR) is 57.7 cm³/mol. The Morgan fingerprint density at radius 2 is 2.00 bits per heavy atom. The highest BCUT2D eigenvalue weighted by molar-refractivity contribution is 5.74. The molecule has 1 saturated heterocycles. The summed E-state index contributed by atoms with van der Waals surface area (Å²) in [7, 11) is 1.09. The average Bonchev–Trinajstić information content (AvgIpc) is 2.18. The smallest absolute Gasteiger partial charge is 0.429 e. The molecule has 0 bridgehead atoms. The van der Waals surface area contributed by atoms with Gasteiger partial charge in [0.15, 0.2) is 0 Å². The van der Waals surface area contributed by atoms with E-state index in [0.717, 1.165) is 7.05 Å². The van der Waals surface area contributed by atoms with Crippen LogP contribution in [-0.4, -0.2) is 58.7 Å². The fourth-order valence-corrected chi connectivity index (χ4v) is 1.42. The van der Waals surface area contributed by atoms with Crippen LogP contribution in [0, 0.1) is 0 Å². The molecule has 0 saturated carbocycles. The minimum atomic E-state index is -3.62. The Hall–Kier alpha value is -1.64. The van der Waals surface area contributed by atoms with E-state index in [0.29, 0.717) is 4.90 Å². The van der Waals surface area contributed by atoms with Crippen molar-refractivity contribution in [2.24, 2.45) is 0 Å². The van der Waals surface area contributed by atoms with Gasteiger partial charge in [-0.25, -0.2) is 9.59 Å². The largest absolute Gasteiger partial charge is 0.511 e. The lowest BCUT2D eigenvalue weighted by atomic mass is 10.2. The molecule has 1 N–H and O–H groups in total. The van der Waals surface area contributed by atoms with E-state index >= 15 is 0 Å². The van der Waals surface area contributed by atoms with Crippen LogP contribution in [0.2, 0.25) is 0 Å². The lowest BCUT2D eigenvalue weighted by Crippen LogP contribution is -2.63. The molecule has 0 aromatic carbocycles. The summed E-state index contributed by atoms with van der Waals surface area (Å²) in [6.07, 6.45) is -3.81. The number of alkyl halides is 2. The zero-order valence-corrected chi connectivity index (χ0v) is 11.0. The zero-order chi connectivity index (χ0) is 15.0. The fraction of sp³-hybridized carbons (Fsp3) is 0.800. The Balaban J connectivity index is 2.80. The van der Waals surface area contributed by atoms with Crippen molar-refractivity contribution in [1.29, 1.82) is 0 Å². The van der Waals surface area contributed by atoms with E-state index in [4.69, 9.17) is 0 Å². The van der Waals surface area contributed by atoms with Crippen molar-refractivity contribution in [2.75, 3.05) is 13.6 Å². The molecule has 0 aromatic heterocycles. The highest BCUT2D eigenvalue weighted by Crippen LogP contribution is 2.30. The first-order valence-corrected chi connectivity index (χ1v) is 5.45. The van der Waals surface area contributed by atoms with E-state index in [1.807, 2.05) is 0 Å². The van der Waals surface area contributed by atoms with E-state index < -0.39 is 36.5 Å². The second-order valence-electron chi connectivity index (χ2n) is 5.18. The summed E-state index contributed by atoms with van der Waals surface area (Å²) in [5.41, 5.74) is -0.942. The standard InChI is InChI=1S/C10H16F2N2O5/c1-9(2,3)19-8(16)18-6-10(11,12)5-13(4)7(15)14(6)17/h6,17H,5H2,1-4H3. The molecular formula is C10H16F2N2O5. The monoisotopic (exact) mass is 282 g/mol. The molecule has 1 aliphatic heterocycles. The van der Waals surface area contributed by atoms with Gasteiger partial charge < -0.3 is 14.4 Å². The lowest BCUT2D eigenvalue weighted by molar-refractivity contribution is -0.272. The van der Waals surface area contributed by atoms with Crippen molar-refractivity contribution >= 4 is 12.2 Å². The van der Waals surface area contributed by atoms with Crippen LogP contribution in [-0.2, 0) is 9.47 Å². The van der Waals surface area contributed by atoms with Gasteiger partial charge in [-0.15, -0.1) is 0 Å². The average molecular weight is 282 g/mol. The minimum Gasteiger partial charge on any atom is -0.429 e. The molecular weight excluding hydrogens is 266 g/mol. The number of halogens is 2. The van der Waals surface area contributed by atoms with Crippen LogP contribution in [0.1, 0.15) is 20.8 Å². The number of carbonyl (C=O) groups is 2. The predicted octanol–water partition coefficient (Wildman–Crippen LogP) is 1.66. The first-order valence-electron chi connectivity index (χ1n) is 5.45. The van der Waals surface area contributed by atoms with Crippen molar-refractivity contribution < 1.29 is 33.1 Å². The van der Waals surface area contributed by atoms with Gasteiger partial charge >= 0.3 is 18.1 Å². The number of hydroxylamine groups is 2. The van der Waals surface area contributed by atoms with Crippen LogP contribution in [0.25, 0.3) is 0 Å². The van der Waals surface area contributed by atoms with E-state index in [1.165, 1.54) is 20.8 Å². The lowest BCUT2D eigenvalue weighted by Gasteiger charge is -2.39. The third-order valence-corrected chi connectivity index (χ3v) is 2.15. The van der Waals surface area contributed by atoms with Crippen LogP contribution < -0.4 is 0 Å². The number of hydrogen-bond acceptors (Lipinski definition) is 5. The van der Waals surface area contributed by atoms with Crippen molar-refractivity contribution in [1.82, 2.24) is 9.96 Å². The molecule has 0 aromatic rings. The maximum atomic E-state index is 13.6. The van der Waals surface area contributed by atoms with E-state index in [-0.39, 0.29) is 5.06 Å². The number of hydrogen-bond donors (Lipinski definition) is 1. The summed E-state index contributed by atoms with van der Waals surface area (Å²) < 4.78 is 36.2. The van der Waals surface area contributed by atoms with Crippen molar-refractivity contribution in [3.63, 3.8) is 0 Å². The molecule has 110 valence electrons. The van der Waals surface area contributed by atoms with Crippen LogP contribution in [0.15, 0.2) is 0 Å². The van der Waals surface area contributed by atoms with Gasteiger partial charge in [0.05, 0.1) is 6.54 Å². The van der Waals surface area contributed by atoms with Gasteiger partial charge in [0.25, 0.3) is 6.23 Å². The molecule has 1 aliphatic rings. The fourth-order valence-electron chi connectivity index (χ4n) is 1.42. The Labute approximate surface area is 108 Å². The highest BCUT2D eigenvalue weighted by atomic mass is 19.3. The van der Waals surface area contributed by atoms with Crippen molar-refractivity contribution in [3.05, 3.63) is 0 Å². The molecule has 1 rings (SSSR count). The summed E-state index contributed by atoms with van der Waals surface area (Å²) in [6.45, 7) is 3.57. The molecule has 0 spiro atoms. The topological polar surface area (TPSA) is 79.3 Å². The zero-order valence-electron chi connectivity index (χ0n) is 11.0. The molecule has 1 unspecified atom stereocenters. The quantitative estimate of drug-likeness (QED) is 0.584. The maximum Gasteiger partial charge on any atom is 0.511 e. The molecule has 0 radical (unpaired) electrons. The van der Waals surface area contributed by atoms with Gasteiger partial charge in [-0.3, -0.25) is 5.21 Å². The van der Waals surface area contributed by atoms with Crippen LogP contribution in [0.4, 0.5) is 18.4 Å². The second kappa shape index (κ2) is 4.80. The third-order valence-electron chi connectivity index (χ3n) is 2.15. The van der Waals surface area contributed by atoms with Crippen LogP contribution in [0.3, 0.4) is 0 Å². The first kappa shape index (κ1) is 15.4. The van der Waals surface area contributed by atoms with Crippen molar-refractivity contribution in [3.8, 4) is 0 Å². The maximum absolute atomic E-state index is 13.6.